The van der Waals surface area contributed by atoms with Gasteiger partial charge < -0.3 is 20.1 Å². The minimum atomic E-state index is 0.243. The predicted octanol–water partition coefficient (Wildman–Crippen LogP) is 1.42. The molecular formula is C18H36N4O2S. The third-order valence-corrected chi connectivity index (χ3v) is 6.02. The number of guanidine groups is 1. The Bertz CT molecular complexity index is 395. The fourth-order valence-electron chi connectivity index (χ4n) is 3.30. The van der Waals surface area contributed by atoms with Gasteiger partial charge in [0, 0.05) is 57.7 Å². The zero-order chi connectivity index (χ0) is 18.0. The summed E-state index contributed by atoms with van der Waals surface area (Å²) in [5.41, 5.74) is 0.243. The molecule has 2 aliphatic rings. The van der Waals surface area contributed by atoms with Gasteiger partial charge in [0.1, 0.15) is 0 Å². The van der Waals surface area contributed by atoms with Crippen LogP contribution in [-0.2, 0) is 9.47 Å². The summed E-state index contributed by atoms with van der Waals surface area (Å²) in [6, 6.07) is 0. The van der Waals surface area contributed by atoms with Crippen molar-refractivity contribution in [3.05, 3.63) is 0 Å². The van der Waals surface area contributed by atoms with Crippen LogP contribution < -0.4 is 10.6 Å². The van der Waals surface area contributed by atoms with Crippen LogP contribution in [0.5, 0.6) is 0 Å². The fourth-order valence-corrected chi connectivity index (χ4v) is 4.78. The third-order valence-electron chi connectivity index (χ3n) is 4.78. The van der Waals surface area contributed by atoms with E-state index in [1.807, 2.05) is 7.05 Å². The summed E-state index contributed by atoms with van der Waals surface area (Å²) >= 11 is 2.06. The third kappa shape index (κ3) is 6.96. The molecule has 0 aromatic heterocycles. The first kappa shape index (κ1) is 20.8. The summed E-state index contributed by atoms with van der Waals surface area (Å²) < 4.78 is 11.2. The highest BCUT2D eigenvalue weighted by Gasteiger charge is 2.40. The Morgan fingerprint density at radius 1 is 1.32 bits per heavy atom. The first-order valence-corrected chi connectivity index (χ1v) is 10.7. The van der Waals surface area contributed by atoms with Crippen molar-refractivity contribution in [2.75, 3.05) is 71.2 Å². The first-order valence-electron chi connectivity index (χ1n) is 9.59. The summed E-state index contributed by atoms with van der Waals surface area (Å²) in [7, 11) is 1.84. The Labute approximate surface area is 157 Å². The molecule has 0 bridgehead atoms. The number of morpholine rings is 1. The van der Waals surface area contributed by atoms with E-state index in [4.69, 9.17) is 9.47 Å². The van der Waals surface area contributed by atoms with Crippen molar-refractivity contribution in [1.29, 1.82) is 0 Å². The lowest BCUT2D eigenvalue weighted by Gasteiger charge is -2.43. The highest BCUT2D eigenvalue weighted by Crippen LogP contribution is 2.33. The van der Waals surface area contributed by atoms with Crippen LogP contribution in [0, 0.1) is 5.92 Å². The summed E-state index contributed by atoms with van der Waals surface area (Å²) in [6.07, 6.45) is 2.24. The Hall–Kier alpha value is -0.500. The van der Waals surface area contributed by atoms with E-state index in [9.17, 15) is 0 Å². The normalized spacial score (nSPS) is 25.5. The first-order chi connectivity index (χ1) is 12.2. The Morgan fingerprint density at radius 3 is 2.76 bits per heavy atom. The van der Waals surface area contributed by atoms with Gasteiger partial charge in [-0.15, -0.1) is 0 Å². The molecule has 0 aromatic carbocycles. The molecule has 2 saturated heterocycles. The van der Waals surface area contributed by atoms with Crippen molar-refractivity contribution in [1.82, 2.24) is 15.5 Å². The second-order valence-electron chi connectivity index (χ2n) is 7.30. The summed E-state index contributed by atoms with van der Waals surface area (Å²) in [6.45, 7) is 11.6. The van der Waals surface area contributed by atoms with Crippen LogP contribution in [0.15, 0.2) is 4.99 Å². The number of ether oxygens (including phenoxy) is 2. The topological polar surface area (TPSA) is 58.1 Å². The highest BCUT2D eigenvalue weighted by molar-refractivity contribution is 7.99. The molecule has 146 valence electrons. The molecular weight excluding hydrogens is 336 g/mol. The van der Waals surface area contributed by atoms with E-state index in [1.165, 1.54) is 17.9 Å². The Morgan fingerprint density at radius 2 is 2.12 bits per heavy atom. The number of hydrogen-bond donors (Lipinski definition) is 2. The molecule has 2 rings (SSSR count). The van der Waals surface area contributed by atoms with Gasteiger partial charge in [-0.05, 0) is 24.5 Å². The van der Waals surface area contributed by atoms with Crippen LogP contribution >= 0.6 is 11.8 Å². The molecule has 7 heteroatoms. The van der Waals surface area contributed by atoms with E-state index in [0.717, 1.165) is 65.0 Å². The monoisotopic (exact) mass is 372 g/mol. The van der Waals surface area contributed by atoms with Crippen molar-refractivity contribution >= 4 is 17.7 Å². The summed E-state index contributed by atoms with van der Waals surface area (Å²) in [5, 5.41) is 6.97. The fraction of sp³-hybridized carbons (Fsp3) is 0.944. The molecule has 2 heterocycles. The molecule has 1 unspecified atom stereocenters. The maximum atomic E-state index is 5.63. The van der Waals surface area contributed by atoms with Crippen LogP contribution in [0.25, 0.3) is 0 Å². The number of aliphatic imine (C=N–C) groups is 1. The van der Waals surface area contributed by atoms with Crippen molar-refractivity contribution in [3.63, 3.8) is 0 Å². The second-order valence-corrected chi connectivity index (χ2v) is 8.41. The van der Waals surface area contributed by atoms with Crippen molar-refractivity contribution in [3.8, 4) is 0 Å². The number of hydrogen-bond acceptors (Lipinski definition) is 5. The molecule has 0 spiro atoms. The van der Waals surface area contributed by atoms with Crippen LogP contribution in [0.2, 0.25) is 0 Å². The number of nitrogens with one attached hydrogen (secondary N) is 2. The molecule has 0 aliphatic carbocycles. The molecule has 6 nitrogen and oxygen atoms in total. The van der Waals surface area contributed by atoms with E-state index in [2.05, 4.69) is 46.1 Å². The largest absolute Gasteiger partial charge is 0.381 e. The van der Waals surface area contributed by atoms with E-state index in [-0.39, 0.29) is 5.54 Å². The molecule has 2 aliphatic heterocycles. The maximum Gasteiger partial charge on any atom is 0.191 e. The van der Waals surface area contributed by atoms with Crippen LogP contribution in [0.3, 0.4) is 0 Å². The molecule has 0 saturated carbocycles. The lowest BCUT2D eigenvalue weighted by Crippen LogP contribution is -2.60. The van der Waals surface area contributed by atoms with Gasteiger partial charge >= 0.3 is 0 Å². The van der Waals surface area contributed by atoms with Crippen LogP contribution in [-0.4, -0.2) is 87.6 Å². The van der Waals surface area contributed by atoms with Gasteiger partial charge in [0.15, 0.2) is 5.96 Å². The lowest BCUT2D eigenvalue weighted by atomic mass is 9.95. The van der Waals surface area contributed by atoms with E-state index in [0.29, 0.717) is 5.92 Å². The van der Waals surface area contributed by atoms with Gasteiger partial charge in [-0.25, -0.2) is 0 Å². The molecule has 2 N–H and O–H groups in total. The number of rotatable bonds is 9. The quantitative estimate of drug-likeness (QED) is 0.363. The van der Waals surface area contributed by atoms with Gasteiger partial charge in [-0.3, -0.25) is 9.89 Å². The average Bonchev–Trinajstić information content (AvgIpc) is 3.11. The van der Waals surface area contributed by atoms with Gasteiger partial charge in [0.2, 0.25) is 0 Å². The minimum Gasteiger partial charge on any atom is -0.381 e. The molecule has 1 atom stereocenters. The predicted molar refractivity (Wildman–Crippen MR) is 107 cm³/mol. The zero-order valence-electron chi connectivity index (χ0n) is 16.2. The highest BCUT2D eigenvalue weighted by atomic mass is 32.2. The summed E-state index contributed by atoms with van der Waals surface area (Å²) in [4.78, 5) is 7.00. The maximum absolute atomic E-state index is 5.63. The van der Waals surface area contributed by atoms with E-state index < -0.39 is 0 Å². The molecule has 2 fully saturated rings. The van der Waals surface area contributed by atoms with Gasteiger partial charge in [-0.1, -0.05) is 13.8 Å². The van der Waals surface area contributed by atoms with Gasteiger partial charge in [0.05, 0.1) is 13.2 Å². The van der Waals surface area contributed by atoms with E-state index >= 15 is 0 Å². The summed E-state index contributed by atoms with van der Waals surface area (Å²) in [5.74, 6) is 3.94. The number of thioether (sulfide) groups is 1. The smallest absolute Gasteiger partial charge is 0.191 e. The average molecular weight is 373 g/mol. The SMILES string of the molecule is CN=C(NCCCOCC(C)C)NCC1(N2CCOCC2)CCSC1. The molecule has 0 aromatic rings. The van der Waals surface area contributed by atoms with Gasteiger partial charge in [0.25, 0.3) is 0 Å². The van der Waals surface area contributed by atoms with Crippen molar-refractivity contribution < 1.29 is 9.47 Å². The van der Waals surface area contributed by atoms with Crippen LogP contribution in [0.1, 0.15) is 26.7 Å². The Kier molecular flexibility index (Phi) is 9.37. The van der Waals surface area contributed by atoms with Crippen molar-refractivity contribution in [2.24, 2.45) is 10.9 Å². The lowest BCUT2D eigenvalue weighted by molar-refractivity contribution is -0.0120. The Balaban J connectivity index is 1.71. The van der Waals surface area contributed by atoms with E-state index in [1.54, 1.807) is 0 Å². The van der Waals surface area contributed by atoms with Crippen molar-refractivity contribution in [2.45, 2.75) is 32.2 Å². The molecule has 0 amide bonds. The number of nitrogens with zero attached hydrogens (tertiary/aromatic N) is 2. The van der Waals surface area contributed by atoms with Gasteiger partial charge in [-0.2, -0.15) is 11.8 Å². The minimum absolute atomic E-state index is 0.243. The molecule has 25 heavy (non-hydrogen) atoms. The second kappa shape index (κ2) is 11.3. The van der Waals surface area contributed by atoms with Crippen LogP contribution in [0.4, 0.5) is 0 Å². The zero-order valence-corrected chi connectivity index (χ0v) is 17.0. The molecule has 0 radical (unpaired) electrons. The standard InChI is InChI=1S/C18H36N4O2S/c1-16(2)13-24-9-4-6-20-17(19-3)21-14-18(5-12-25-15-18)22-7-10-23-11-8-22/h16H,4-15H2,1-3H3,(H2,19,20,21).